The van der Waals surface area contributed by atoms with Crippen LogP contribution in [0.25, 0.3) is 11.0 Å². The Bertz CT molecular complexity index is 1040. The van der Waals surface area contributed by atoms with Crippen molar-refractivity contribution in [1.29, 1.82) is 0 Å². The SMILES string of the molecule is CCC(CC)C(=O)NCCn1ncc2c(N3CCN(c4ccc(F)cc4)CC3)ncnc21. The fraction of sp³-hybridized carbons (Fsp3) is 0.478. The zero-order valence-corrected chi connectivity index (χ0v) is 18.7. The van der Waals surface area contributed by atoms with Gasteiger partial charge in [-0.2, -0.15) is 5.10 Å². The first-order valence-electron chi connectivity index (χ1n) is 11.3. The first-order valence-corrected chi connectivity index (χ1v) is 11.3. The number of benzene rings is 1. The van der Waals surface area contributed by atoms with Crippen LogP contribution in [0.5, 0.6) is 0 Å². The molecule has 1 aromatic carbocycles. The van der Waals surface area contributed by atoms with Crippen molar-refractivity contribution in [2.45, 2.75) is 33.2 Å². The highest BCUT2D eigenvalue weighted by atomic mass is 19.1. The molecule has 0 radical (unpaired) electrons. The van der Waals surface area contributed by atoms with Crippen LogP contribution >= 0.6 is 0 Å². The number of carbonyl (C=O) groups is 1. The Morgan fingerprint density at radius 2 is 1.75 bits per heavy atom. The molecule has 32 heavy (non-hydrogen) atoms. The molecule has 8 nitrogen and oxygen atoms in total. The lowest BCUT2D eigenvalue weighted by Crippen LogP contribution is -2.46. The van der Waals surface area contributed by atoms with Crippen LogP contribution in [0.3, 0.4) is 0 Å². The fourth-order valence-corrected chi connectivity index (χ4v) is 4.21. The summed E-state index contributed by atoms with van der Waals surface area (Å²) in [5, 5.41) is 8.41. The molecule has 0 atom stereocenters. The highest BCUT2D eigenvalue weighted by Gasteiger charge is 2.22. The van der Waals surface area contributed by atoms with Gasteiger partial charge < -0.3 is 15.1 Å². The zero-order valence-electron chi connectivity index (χ0n) is 18.7. The summed E-state index contributed by atoms with van der Waals surface area (Å²) in [4.78, 5) is 25.7. The Hall–Kier alpha value is -3.23. The van der Waals surface area contributed by atoms with Gasteiger partial charge in [-0.1, -0.05) is 13.8 Å². The van der Waals surface area contributed by atoms with Gasteiger partial charge in [0.15, 0.2) is 5.65 Å². The minimum atomic E-state index is -0.220. The maximum atomic E-state index is 13.2. The molecular weight excluding hydrogens is 409 g/mol. The third-order valence-electron chi connectivity index (χ3n) is 6.16. The predicted molar refractivity (Wildman–Crippen MR) is 123 cm³/mol. The molecular formula is C23H30FN7O. The van der Waals surface area contributed by atoms with Gasteiger partial charge in [0.1, 0.15) is 18.0 Å². The van der Waals surface area contributed by atoms with Crippen molar-refractivity contribution in [2.75, 3.05) is 42.5 Å². The molecule has 0 saturated carbocycles. The van der Waals surface area contributed by atoms with E-state index in [9.17, 15) is 9.18 Å². The monoisotopic (exact) mass is 439 g/mol. The third kappa shape index (κ3) is 4.66. The number of piperazine rings is 1. The molecule has 0 unspecified atom stereocenters. The van der Waals surface area contributed by atoms with E-state index in [1.807, 2.05) is 30.7 Å². The molecule has 0 spiro atoms. The molecule has 1 amide bonds. The lowest BCUT2D eigenvalue weighted by Gasteiger charge is -2.36. The van der Waals surface area contributed by atoms with Crippen LogP contribution in [0.15, 0.2) is 36.8 Å². The van der Waals surface area contributed by atoms with Gasteiger partial charge in [-0.3, -0.25) is 4.79 Å². The summed E-state index contributed by atoms with van der Waals surface area (Å²) >= 11 is 0. The van der Waals surface area contributed by atoms with Gasteiger partial charge >= 0.3 is 0 Å². The molecule has 3 heterocycles. The van der Waals surface area contributed by atoms with Gasteiger partial charge in [0.2, 0.25) is 5.91 Å². The number of hydrogen-bond donors (Lipinski definition) is 1. The van der Waals surface area contributed by atoms with Crippen LogP contribution in [-0.4, -0.2) is 58.4 Å². The molecule has 1 saturated heterocycles. The predicted octanol–water partition coefficient (Wildman–Crippen LogP) is 2.84. The number of carbonyl (C=O) groups excluding carboxylic acids is 1. The standard InChI is InChI=1S/C23H30FN7O/c1-3-17(4-2)23(32)25-9-10-31-22-20(15-28-31)21(26-16-27-22)30-13-11-29(12-14-30)19-7-5-18(24)6-8-19/h5-8,15-17H,3-4,9-14H2,1-2H3,(H,25,32). The fourth-order valence-electron chi connectivity index (χ4n) is 4.21. The van der Waals surface area contributed by atoms with Gasteiger partial charge in [0, 0.05) is 44.3 Å². The highest BCUT2D eigenvalue weighted by Crippen LogP contribution is 2.25. The molecule has 2 aromatic heterocycles. The van der Waals surface area contributed by atoms with Crippen LogP contribution in [0, 0.1) is 11.7 Å². The van der Waals surface area contributed by atoms with E-state index in [1.54, 1.807) is 12.5 Å². The van der Waals surface area contributed by atoms with Crippen LogP contribution in [0.2, 0.25) is 0 Å². The number of nitrogens with zero attached hydrogens (tertiary/aromatic N) is 6. The van der Waals surface area contributed by atoms with E-state index in [1.165, 1.54) is 12.1 Å². The van der Waals surface area contributed by atoms with Crippen molar-refractivity contribution in [2.24, 2.45) is 5.92 Å². The summed E-state index contributed by atoms with van der Waals surface area (Å²) < 4.78 is 15.0. The summed E-state index contributed by atoms with van der Waals surface area (Å²) in [6, 6.07) is 6.63. The molecule has 3 aromatic rings. The highest BCUT2D eigenvalue weighted by molar-refractivity contribution is 5.86. The van der Waals surface area contributed by atoms with E-state index in [2.05, 4.69) is 30.2 Å². The normalized spacial score (nSPS) is 14.4. The van der Waals surface area contributed by atoms with E-state index in [4.69, 9.17) is 0 Å². The van der Waals surface area contributed by atoms with Crippen molar-refractivity contribution >= 4 is 28.4 Å². The summed E-state index contributed by atoms with van der Waals surface area (Å²) in [5.74, 6) is 0.816. The average molecular weight is 440 g/mol. The van der Waals surface area contributed by atoms with E-state index >= 15 is 0 Å². The first-order chi connectivity index (χ1) is 15.6. The first kappa shape index (κ1) is 22.0. The quantitative estimate of drug-likeness (QED) is 0.582. The lowest BCUT2D eigenvalue weighted by atomic mass is 10.0. The molecule has 4 rings (SSSR count). The summed E-state index contributed by atoms with van der Waals surface area (Å²) in [5.41, 5.74) is 1.80. The second-order valence-corrected chi connectivity index (χ2v) is 8.06. The Morgan fingerprint density at radius 3 is 2.44 bits per heavy atom. The maximum Gasteiger partial charge on any atom is 0.223 e. The third-order valence-corrected chi connectivity index (χ3v) is 6.16. The Kier molecular flexibility index (Phi) is 6.82. The van der Waals surface area contributed by atoms with Crippen molar-refractivity contribution in [3.8, 4) is 0 Å². The zero-order chi connectivity index (χ0) is 22.5. The molecule has 9 heteroatoms. The van der Waals surface area contributed by atoms with Crippen molar-refractivity contribution in [1.82, 2.24) is 25.1 Å². The van der Waals surface area contributed by atoms with Crippen LogP contribution in [-0.2, 0) is 11.3 Å². The average Bonchev–Trinajstić information content (AvgIpc) is 3.24. The van der Waals surface area contributed by atoms with E-state index in [0.717, 1.165) is 61.6 Å². The minimum absolute atomic E-state index is 0.0619. The number of rotatable bonds is 8. The van der Waals surface area contributed by atoms with Crippen molar-refractivity contribution in [3.05, 3.63) is 42.6 Å². The van der Waals surface area contributed by atoms with Gasteiger partial charge in [0.05, 0.1) is 18.1 Å². The Morgan fingerprint density at radius 1 is 1.06 bits per heavy atom. The Balaban J connectivity index is 1.40. The number of halogens is 1. The van der Waals surface area contributed by atoms with Gasteiger partial charge in [-0.05, 0) is 37.1 Å². The number of aromatic nitrogens is 4. The minimum Gasteiger partial charge on any atom is -0.368 e. The molecule has 0 aliphatic carbocycles. The second-order valence-electron chi connectivity index (χ2n) is 8.06. The second kappa shape index (κ2) is 9.93. The Labute approximate surface area is 187 Å². The smallest absolute Gasteiger partial charge is 0.223 e. The van der Waals surface area contributed by atoms with E-state index in [0.29, 0.717) is 13.1 Å². The van der Waals surface area contributed by atoms with Gasteiger partial charge in [-0.25, -0.2) is 19.0 Å². The molecule has 1 aliphatic rings. The largest absolute Gasteiger partial charge is 0.368 e. The summed E-state index contributed by atoms with van der Waals surface area (Å²) in [6.45, 7) is 8.41. The van der Waals surface area contributed by atoms with Crippen LogP contribution < -0.4 is 15.1 Å². The number of nitrogens with one attached hydrogen (secondary N) is 1. The number of anilines is 2. The van der Waals surface area contributed by atoms with Crippen molar-refractivity contribution < 1.29 is 9.18 Å². The summed E-state index contributed by atoms with van der Waals surface area (Å²) in [6.07, 6.45) is 5.07. The van der Waals surface area contributed by atoms with E-state index in [-0.39, 0.29) is 17.6 Å². The number of fused-ring (bicyclic) bond motifs is 1. The van der Waals surface area contributed by atoms with Crippen molar-refractivity contribution in [3.63, 3.8) is 0 Å². The topological polar surface area (TPSA) is 79.2 Å². The van der Waals surface area contributed by atoms with Gasteiger partial charge in [-0.15, -0.1) is 0 Å². The van der Waals surface area contributed by atoms with Crippen LogP contribution in [0.1, 0.15) is 26.7 Å². The van der Waals surface area contributed by atoms with Gasteiger partial charge in [0.25, 0.3) is 0 Å². The van der Waals surface area contributed by atoms with Crippen LogP contribution in [0.4, 0.5) is 15.9 Å². The molecule has 1 N–H and O–H groups in total. The molecule has 1 aliphatic heterocycles. The molecule has 170 valence electrons. The summed E-state index contributed by atoms with van der Waals surface area (Å²) in [7, 11) is 0. The number of amides is 1. The molecule has 0 bridgehead atoms. The maximum absolute atomic E-state index is 13.2. The lowest BCUT2D eigenvalue weighted by molar-refractivity contribution is -0.125. The number of hydrogen-bond acceptors (Lipinski definition) is 6. The molecule has 1 fully saturated rings. The van der Waals surface area contributed by atoms with E-state index < -0.39 is 0 Å².